The molecule has 0 radical (unpaired) electrons. The van der Waals surface area contributed by atoms with E-state index in [1.165, 1.54) is 24.2 Å². The summed E-state index contributed by atoms with van der Waals surface area (Å²) in [4.78, 5) is 20.0. The number of benzene rings is 2. The Morgan fingerprint density at radius 3 is 2.66 bits per heavy atom. The minimum atomic E-state index is -0.178. The number of ether oxygens (including phenoxy) is 2. The molecule has 1 atom stereocenters. The minimum absolute atomic E-state index is 0.178. The van der Waals surface area contributed by atoms with E-state index in [1.54, 1.807) is 31.4 Å². The van der Waals surface area contributed by atoms with Crippen LogP contribution in [-0.2, 0) is 0 Å². The number of ketones is 1. The molecule has 1 aliphatic heterocycles. The van der Waals surface area contributed by atoms with Gasteiger partial charge in [-0.05, 0) is 69.3 Å². The molecule has 1 unspecified atom stereocenters. The van der Waals surface area contributed by atoms with Gasteiger partial charge in [0.1, 0.15) is 28.8 Å². The number of aromatic nitrogens is 1. The Morgan fingerprint density at radius 1 is 1.19 bits per heavy atom. The highest BCUT2D eigenvalue weighted by atomic mass is 32.1. The lowest BCUT2D eigenvalue weighted by atomic mass is 10.1. The molecular weight excluding hydrogens is 424 g/mol. The fourth-order valence-electron chi connectivity index (χ4n) is 3.71. The number of anilines is 3. The third kappa shape index (κ3) is 5.20. The molecule has 0 amide bonds. The van der Waals surface area contributed by atoms with Crippen LogP contribution < -0.4 is 20.5 Å². The Balaban J connectivity index is 1.37. The number of hydrogen-bond donors (Lipinski definition) is 2. The van der Waals surface area contributed by atoms with Crippen molar-refractivity contribution in [2.45, 2.75) is 25.8 Å². The van der Waals surface area contributed by atoms with Crippen molar-refractivity contribution in [1.82, 2.24) is 9.88 Å². The monoisotopic (exact) mass is 452 g/mol. The van der Waals surface area contributed by atoms with Gasteiger partial charge in [-0.1, -0.05) is 23.5 Å². The summed E-state index contributed by atoms with van der Waals surface area (Å²) >= 11 is 1.23. The number of carbonyl (C=O) groups is 1. The van der Waals surface area contributed by atoms with Crippen LogP contribution in [0.3, 0.4) is 0 Å². The predicted molar refractivity (Wildman–Crippen MR) is 128 cm³/mol. The lowest BCUT2D eigenvalue weighted by Gasteiger charge is -2.23. The van der Waals surface area contributed by atoms with Crippen molar-refractivity contribution in [3.05, 3.63) is 59.0 Å². The minimum Gasteiger partial charge on any atom is -0.497 e. The van der Waals surface area contributed by atoms with Gasteiger partial charge in [-0.3, -0.25) is 9.69 Å². The highest BCUT2D eigenvalue weighted by Crippen LogP contribution is 2.31. The van der Waals surface area contributed by atoms with Gasteiger partial charge in [0.05, 0.1) is 7.11 Å². The van der Waals surface area contributed by atoms with Crippen LogP contribution in [0.15, 0.2) is 48.5 Å². The molecule has 0 spiro atoms. The van der Waals surface area contributed by atoms with Gasteiger partial charge in [-0.25, -0.2) is 4.98 Å². The number of likely N-dealkylation sites (tertiary alicyclic amines) is 1. The van der Waals surface area contributed by atoms with E-state index >= 15 is 0 Å². The van der Waals surface area contributed by atoms with Gasteiger partial charge >= 0.3 is 0 Å². The highest BCUT2D eigenvalue weighted by Gasteiger charge is 2.19. The predicted octanol–water partition coefficient (Wildman–Crippen LogP) is 4.57. The number of carbonyl (C=O) groups excluding carboxylic acids is 1. The van der Waals surface area contributed by atoms with E-state index in [4.69, 9.17) is 15.2 Å². The largest absolute Gasteiger partial charge is 0.497 e. The van der Waals surface area contributed by atoms with E-state index in [0.29, 0.717) is 34.0 Å². The zero-order chi connectivity index (χ0) is 22.5. The van der Waals surface area contributed by atoms with E-state index in [1.807, 2.05) is 24.3 Å². The first-order valence-corrected chi connectivity index (χ1v) is 11.5. The van der Waals surface area contributed by atoms with E-state index in [2.05, 4.69) is 22.1 Å². The van der Waals surface area contributed by atoms with Crippen LogP contribution in [0.25, 0.3) is 0 Å². The van der Waals surface area contributed by atoms with Crippen molar-refractivity contribution < 1.29 is 14.3 Å². The van der Waals surface area contributed by atoms with Crippen molar-refractivity contribution in [2.24, 2.45) is 0 Å². The Kier molecular flexibility index (Phi) is 6.92. The smallest absolute Gasteiger partial charge is 0.206 e. The molecule has 1 saturated heterocycles. The summed E-state index contributed by atoms with van der Waals surface area (Å²) in [6.45, 7) is 5.20. The van der Waals surface area contributed by atoms with Crippen LogP contribution in [0.4, 0.5) is 16.6 Å². The Hall–Kier alpha value is -3.10. The van der Waals surface area contributed by atoms with Gasteiger partial charge in [0.15, 0.2) is 5.13 Å². The van der Waals surface area contributed by atoms with Gasteiger partial charge in [0.25, 0.3) is 0 Å². The number of nitrogen functional groups attached to an aromatic ring is 1. The molecule has 8 heteroatoms. The third-order valence-corrected chi connectivity index (χ3v) is 6.54. The summed E-state index contributed by atoms with van der Waals surface area (Å²) in [6, 6.07) is 15.1. The molecular formula is C24H28N4O3S. The molecule has 4 rings (SSSR count). The SMILES string of the molecule is COc1cccc(C(=O)c2sc(Nc3ccc(OCC(C)N4CCCC4)cc3)nc2N)c1. The molecule has 0 aliphatic carbocycles. The summed E-state index contributed by atoms with van der Waals surface area (Å²) in [6.07, 6.45) is 2.55. The van der Waals surface area contributed by atoms with Crippen molar-refractivity contribution >= 4 is 33.8 Å². The first kappa shape index (κ1) is 22.1. The topological polar surface area (TPSA) is 89.7 Å². The molecule has 7 nitrogen and oxygen atoms in total. The highest BCUT2D eigenvalue weighted by molar-refractivity contribution is 7.18. The molecule has 3 N–H and O–H groups in total. The Morgan fingerprint density at radius 2 is 1.94 bits per heavy atom. The second-order valence-corrected chi connectivity index (χ2v) is 8.85. The van der Waals surface area contributed by atoms with E-state index in [9.17, 15) is 4.79 Å². The standard InChI is InChI=1S/C24H28N4O3S/c1-16(28-12-3-4-13-28)15-31-19-10-8-18(9-11-19)26-24-27-23(25)22(32-24)21(29)17-6-5-7-20(14-17)30-2/h5-11,14,16H,3-4,12-13,15,25H2,1-2H3,(H,26,27). The molecule has 1 aromatic heterocycles. The molecule has 0 bridgehead atoms. The maximum Gasteiger partial charge on any atom is 0.206 e. The lowest BCUT2D eigenvalue weighted by Crippen LogP contribution is -2.34. The molecule has 2 aromatic carbocycles. The van der Waals surface area contributed by atoms with E-state index < -0.39 is 0 Å². The van der Waals surface area contributed by atoms with Gasteiger partial charge in [0, 0.05) is 17.3 Å². The van der Waals surface area contributed by atoms with Crippen LogP contribution in [0.1, 0.15) is 35.0 Å². The van der Waals surface area contributed by atoms with Gasteiger partial charge in [-0.2, -0.15) is 0 Å². The van der Waals surface area contributed by atoms with Crippen LogP contribution in [0.5, 0.6) is 11.5 Å². The first-order valence-electron chi connectivity index (χ1n) is 10.7. The van der Waals surface area contributed by atoms with Crippen molar-refractivity contribution in [3.8, 4) is 11.5 Å². The van der Waals surface area contributed by atoms with Gasteiger partial charge in [0.2, 0.25) is 5.78 Å². The molecule has 1 aliphatic rings. The van der Waals surface area contributed by atoms with Gasteiger partial charge in [-0.15, -0.1) is 0 Å². The average Bonchev–Trinajstić information content (AvgIpc) is 3.48. The maximum absolute atomic E-state index is 12.9. The van der Waals surface area contributed by atoms with Gasteiger partial charge < -0.3 is 20.5 Å². The summed E-state index contributed by atoms with van der Waals surface area (Å²) in [5, 5.41) is 3.78. The molecule has 2 heterocycles. The number of nitrogens with two attached hydrogens (primary N) is 1. The fourth-order valence-corrected chi connectivity index (χ4v) is 4.57. The normalized spacial score (nSPS) is 14.8. The van der Waals surface area contributed by atoms with Crippen LogP contribution in [0, 0.1) is 0 Å². The Labute approximate surface area is 192 Å². The second-order valence-electron chi connectivity index (χ2n) is 7.85. The van der Waals surface area contributed by atoms with Crippen LogP contribution in [-0.4, -0.2) is 48.5 Å². The van der Waals surface area contributed by atoms with Crippen molar-refractivity contribution in [3.63, 3.8) is 0 Å². The van der Waals surface area contributed by atoms with E-state index in [0.717, 1.165) is 24.5 Å². The van der Waals surface area contributed by atoms with Crippen LogP contribution >= 0.6 is 11.3 Å². The number of hydrogen-bond acceptors (Lipinski definition) is 8. The summed E-state index contributed by atoms with van der Waals surface area (Å²) in [5.41, 5.74) is 7.39. The molecule has 168 valence electrons. The zero-order valence-electron chi connectivity index (χ0n) is 18.3. The lowest BCUT2D eigenvalue weighted by molar-refractivity contribution is 0.104. The fraction of sp³-hybridized carbons (Fsp3) is 0.333. The summed E-state index contributed by atoms with van der Waals surface area (Å²) < 4.78 is 11.2. The van der Waals surface area contributed by atoms with Crippen molar-refractivity contribution in [2.75, 3.05) is 37.9 Å². The molecule has 0 saturated carbocycles. The number of thiazole rings is 1. The quantitative estimate of drug-likeness (QED) is 0.460. The number of nitrogens with one attached hydrogen (secondary N) is 1. The molecule has 32 heavy (non-hydrogen) atoms. The molecule has 1 fully saturated rings. The third-order valence-electron chi connectivity index (χ3n) is 5.55. The second kappa shape index (κ2) is 10.0. The average molecular weight is 453 g/mol. The summed E-state index contributed by atoms with van der Waals surface area (Å²) in [5.74, 6) is 1.48. The number of methoxy groups -OCH3 is 1. The Bertz CT molecular complexity index is 1060. The van der Waals surface area contributed by atoms with E-state index in [-0.39, 0.29) is 11.6 Å². The maximum atomic E-state index is 12.9. The summed E-state index contributed by atoms with van der Waals surface area (Å²) in [7, 11) is 1.57. The zero-order valence-corrected chi connectivity index (χ0v) is 19.2. The van der Waals surface area contributed by atoms with Crippen LogP contribution in [0.2, 0.25) is 0 Å². The first-order chi connectivity index (χ1) is 15.5. The number of rotatable bonds is 9. The molecule has 3 aromatic rings. The number of nitrogens with zero attached hydrogens (tertiary/aromatic N) is 2. The van der Waals surface area contributed by atoms with Crippen molar-refractivity contribution in [1.29, 1.82) is 0 Å².